The predicted octanol–water partition coefficient (Wildman–Crippen LogP) is 7.33. The van der Waals surface area contributed by atoms with E-state index >= 15 is 0 Å². The average molecular weight is 1020 g/mol. The van der Waals surface area contributed by atoms with Gasteiger partial charge in [-0.3, -0.25) is 36.9 Å². The monoisotopic (exact) mass is 1010 g/mol. The topological polar surface area (TPSA) is 135 Å². The number of benzene rings is 3. The maximum atomic E-state index is 13.9. The highest BCUT2D eigenvalue weighted by Crippen LogP contribution is 2.59. The quantitative estimate of drug-likeness (QED) is 0.136. The van der Waals surface area contributed by atoms with Gasteiger partial charge in [0.15, 0.2) is 0 Å². The largest absolute Gasteiger partial charge is 0.489 e. The third-order valence-corrected chi connectivity index (χ3v) is 14.9. The van der Waals surface area contributed by atoms with Crippen LogP contribution in [0.2, 0.25) is 5.02 Å². The van der Waals surface area contributed by atoms with Gasteiger partial charge in [0, 0.05) is 66.8 Å². The molecule has 0 spiro atoms. The molecule has 0 aromatic heterocycles. The summed E-state index contributed by atoms with van der Waals surface area (Å²) in [7, 11) is 0. The van der Waals surface area contributed by atoms with Crippen LogP contribution in [0, 0.1) is 22.2 Å². The van der Waals surface area contributed by atoms with E-state index in [9.17, 15) is 29.2 Å². The second-order valence-corrected chi connectivity index (χ2v) is 19.2. The molecule has 0 bridgehead atoms. The number of amides is 5. The van der Waals surface area contributed by atoms with Gasteiger partial charge in [-0.15, -0.1) is 0 Å². The first-order valence-corrected chi connectivity index (χ1v) is 21.3. The zero-order valence-electron chi connectivity index (χ0n) is 31.9. The van der Waals surface area contributed by atoms with Crippen LogP contribution < -0.4 is 9.64 Å². The Morgan fingerprint density at radius 3 is 2.05 bits per heavy atom. The number of rotatable bonds is 7. The van der Waals surface area contributed by atoms with Gasteiger partial charge in [-0.2, -0.15) is 5.26 Å². The van der Waals surface area contributed by atoms with Crippen LogP contribution in [-0.4, -0.2) is 82.9 Å². The first-order chi connectivity index (χ1) is 27.0. The minimum absolute atomic E-state index is 0.0613. The lowest BCUT2D eigenvalue weighted by Crippen LogP contribution is -2.73. The zero-order chi connectivity index (χ0) is 40.7. The Hall–Kier alpha value is -3.79. The molecule has 1 aliphatic carbocycles. The molecule has 1 unspecified atom stereocenters. The van der Waals surface area contributed by atoms with Crippen LogP contribution in [0.25, 0.3) is 0 Å². The highest BCUT2D eigenvalue weighted by atomic mass is 127. The number of carbonyl (C=O) groups excluding carboxylic acids is 5. The van der Waals surface area contributed by atoms with E-state index in [2.05, 4.69) is 66.4 Å². The fraction of sp³-hybridized carbons (Fsp3) is 0.429. The molecule has 1 atom stereocenters. The van der Waals surface area contributed by atoms with Crippen LogP contribution in [0.3, 0.4) is 0 Å². The van der Waals surface area contributed by atoms with Gasteiger partial charge >= 0.3 is 0 Å². The predicted molar refractivity (Wildman–Crippen MR) is 229 cm³/mol. The van der Waals surface area contributed by atoms with Crippen molar-refractivity contribution in [2.24, 2.45) is 10.8 Å². The van der Waals surface area contributed by atoms with Crippen molar-refractivity contribution in [1.29, 1.82) is 5.26 Å². The number of nitriles is 1. The number of piperidine rings is 2. The SMILES string of the molecule is CC1(C)C(Oc2ccc(C#N)c(Cl)c2)C(C)(C)C1N(I)C(=O)c1ccc(N2CCC(N3Cc4cc5c(cc4C3)C(=O)N(C3CCC(=O)N(I)C3=O)C5=O)CC2)cc1. The van der Waals surface area contributed by atoms with Crippen molar-refractivity contribution >= 4 is 92.6 Å². The summed E-state index contributed by atoms with van der Waals surface area (Å²) in [5.41, 5.74) is 4.06. The van der Waals surface area contributed by atoms with Gasteiger partial charge in [-0.25, -0.2) is 3.11 Å². The molecule has 1 saturated carbocycles. The van der Waals surface area contributed by atoms with E-state index in [-0.39, 0.29) is 47.6 Å². The van der Waals surface area contributed by atoms with Gasteiger partial charge < -0.3 is 9.64 Å². The molecule has 4 heterocycles. The lowest BCUT2D eigenvalue weighted by molar-refractivity contribution is -0.179. The fourth-order valence-electron chi connectivity index (χ4n) is 10.0. The van der Waals surface area contributed by atoms with E-state index in [1.165, 1.54) is 0 Å². The zero-order valence-corrected chi connectivity index (χ0v) is 37.0. The van der Waals surface area contributed by atoms with E-state index in [1.807, 2.05) is 39.5 Å². The molecule has 3 fully saturated rings. The molecule has 4 aliphatic heterocycles. The third-order valence-electron chi connectivity index (χ3n) is 12.6. The lowest BCUT2D eigenvalue weighted by atomic mass is 9.49. The maximum Gasteiger partial charge on any atom is 0.262 e. The number of anilines is 1. The van der Waals surface area contributed by atoms with Crippen molar-refractivity contribution in [3.8, 4) is 11.8 Å². The van der Waals surface area contributed by atoms with Gasteiger partial charge in [0.05, 0.1) is 73.5 Å². The molecule has 2 saturated heterocycles. The second-order valence-electron chi connectivity index (χ2n) is 16.8. The Balaban J connectivity index is 0.861. The van der Waals surface area contributed by atoms with Gasteiger partial charge in [0.25, 0.3) is 23.6 Å². The molecule has 15 heteroatoms. The number of imide groups is 2. The van der Waals surface area contributed by atoms with Gasteiger partial charge in [-0.05, 0) is 78.9 Å². The normalized spacial score (nSPS) is 24.2. The van der Waals surface area contributed by atoms with E-state index in [4.69, 9.17) is 16.3 Å². The van der Waals surface area contributed by atoms with Gasteiger partial charge in [0.2, 0.25) is 5.91 Å². The Morgan fingerprint density at radius 2 is 1.49 bits per heavy atom. The van der Waals surface area contributed by atoms with Crippen LogP contribution in [0.5, 0.6) is 5.75 Å². The summed E-state index contributed by atoms with van der Waals surface area (Å²) in [4.78, 5) is 71.4. The summed E-state index contributed by atoms with van der Waals surface area (Å²) in [6.45, 7) is 11.5. The molecular formula is C42H41ClI2N6O6. The molecule has 296 valence electrons. The minimum Gasteiger partial charge on any atom is -0.489 e. The van der Waals surface area contributed by atoms with E-state index < -0.39 is 23.8 Å². The number of hydrogen-bond donors (Lipinski definition) is 0. The number of halogens is 3. The molecular weight excluding hydrogens is 974 g/mol. The number of hydrogen-bond acceptors (Lipinski definition) is 9. The second kappa shape index (κ2) is 14.8. The fourth-order valence-corrected chi connectivity index (χ4v) is 12.5. The van der Waals surface area contributed by atoms with Crippen molar-refractivity contribution in [1.82, 2.24) is 16.0 Å². The van der Waals surface area contributed by atoms with Crippen LogP contribution in [0.15, 0.2) is 54.6 Å². The Bertz CT molecular complexity index is 2210. The number of carbonyl (C=O) groups is 5. The standard InChI is InChI=1S/C42H41ClI2N6O6/c1-41(2)39(42(3,4)40(41)57-29-10-7-24(20-46)32(43)19-29)51(45)35(53)23-5-8-27(9-6-23)47-15-13-28(14-16-47)48-21-25-17-30-31(18-26(25)22-48)37(55)49(36(30)54)33-11-12-34(52)50(44)38(33)56/h5-10,17-19,28,33,39-40H,11-16,21-22H2,1-4H3. The van der Waals surface area contributed by atoms with Crippen molar-refractivity contribution in [3.05, 3.63) is 93.0 Å². The molecule has 5 aliphatic rings. The van der Waals surface area contributed by atoms with Crippen molar-refractivity contribution in [2.75, 3.05) is 18.0 Å². The van der Waals surface area contributed by atoms with Crippen LogP contribution >= 0.6 is 57.3 Å². The van der Waals surface area contributed by atoms with Crippen molar-refractivity contribution < 1.29 is 28.7 Å². The molecule has 12 nitrogen and oxygen atoms in total. The maximum absolute atomic E-state index is 13.9. The molecule has 3 aromatic rings. The van der Waals surface area contributed by atoms with Gasteiger partial charge in [0.1, 0.15) is 24.0 Å². The molecule has 57 heavy (non-hydrogen) atoms. The van der Waals surface area contributed by atoms with Crippen molar-refractivity contribution in [3.63, 3.8) is 0 Å². The summed E-state index contributed by atoms with van der Waals surface area (Å²) >= 11 is 10.1. The smallest absolute Gasteiger partial charge is 0.262 e. The first-order valence-electron chi connectivity index (χ1n) is 19.0. The summed E-state index contributed by atoms with van der Waals surface area (Å²) in [6.07, 6.45) is 1.94. The van der Waals surface area contributed by atoms with E-state index in [0.29, 0.717) is 52.2 Å². The Kier molecular flexibility index (Phi) is 10.4. The Labute approximate surface area is 364 Å². The first kappa shape index (κ1) is 40.0. The highest BCUT2D eigenvalue weighted by Gasteiger charge is 2.66. The number of nitrogens with zero attached hydrogens (tertiary/aromatic N) is 6. The minimum atomic E-state index is -0.967. The van der Waals surface area contributed by atoms with Crippen LogP contribution in [-0.2, 0) is 22.7 Å². The van der Waals surface area contributed by atoms with E-state index in [0.717, 1.165) is 50.8 Å². The third kappa shape index (κ3) is 6.70. The summed E-state index contributed by atoms with van der Waals surface area (Å²) in [5, 5.41) is 9.59. The van der Waals surface area contributed by atoms with Crippen LogP contribution in [0.4, 0.5) is 5.69 Å². The Morgan fingerprint density at radius 1 is 0.895 bits per heavy atom. The summed E-state index contributed by atoms with van der Waals surface area (Å²) < 4.78 is 9.23. The molecule has 0 N–H and O–H groups in total. The lowest BCUT2D eigenvalue weighted by Gasteiger charge is -2.64. The number of fused-ring (bicyclic) bond motifs is 2. The molecule has 3 aromatic carbocycles. The van der Waals surface area contributed by atoms with Gasteiger partial charge in [-0.1, -0.05) is 39.3 Å². The summed E-state index contributed by atoms with van der Waals surface area (Å²) in [6, 6.07) is 17.9. The van der Waals surface area contributed by atoms with Crippen molar-refractivity contribution in [2.45, 2.75) is 90.7 Å². The molecule has 0 radical (unpaired) electrons. The summed E-state index contributed by atoms with van der Waals surface area (Å²) in [5.74, 6) is -1.26. The number of ether oxygens (including phenoxy) is 1. The molecule has 5 amide bonds. The highest BCUT2D eigenvalue weighted by molar-refractivity contribution is 14.1. The van der Waals surface area contributed by atoms with Crippen LogP contribution in [0.1, 0.15) is 101 Å². The van der Waals surface area contributed by atoms with E-state index in [1.54, 1.807) is 41.1 Å². The molecule has 8 rings (SSSR count). The average Bonchev–Trinajstić information content (AvgIpc) is 3.72.